The molecule has 2 aromatic rings. The number of hydrogen-bond acceptors (Lipinski definition) is 3. The summed E-state index contributed by atoms with van der Waals surface area (Å²) in [5.74, 6) is 1.82. The van der Waals surface area contributed by atoms with E-state index in [1.165, 1.54) is 5.56 Å². The smallest absolute Gasteiger partial charge is 0.258 e. The number of benzene rings is 2. The molecule has 0 radical (unpaired) electrons. The van der Waals surface area contributed by atoms with Gasteiger partial charge in [0.05, 0.1) is 6.54 Å². The minimum Gasteiger partial charge on any atom is -0.492 e. The molecule has 2 rings (SSSR count). The normalized spacial score (nSPS) is 10.6. The Balaban J connectivity index is 1.69. The van der Waals surface area contributed by atoms with Crippen molar-refractivity contribution >= 4 is 5.91 Å². The fourth-order valence-corrected chi connectivity index (χ4v) is 2.54. The molecule has 0 saturated carbocycles. The minimum absolute atomic E-state index is 0.00506. The highest BCUT2D eigenvalue weighted by Crippen LogP contribution is 2.20. The van der Waals surface area contributed by atoms with Gasteiger partial charge in [0.25, 0.3) is 5.91 Å². The molecule has 0 aromatic heterocycles. The van der Waals surface area contributed by atoms with Gasteiger partial charge in [-0.05, 0) is 60.7 Å². The van der Waals surface area contributed by atoms with Crippen LogP contribution in [0.1, 0.15) is 36.5 Å². The van der Waals surface area contributed by atoms with Crippen molar-refractivity contribution in [1.29, 1.82) is 0 Å². The third kappa shape index (κ3) is 6.49. The van der Waals surface area contributed by atoms with E-state index in [1.54, 1.807) is 0 Å². The summed E-state index contributed by atoms with van der Waals surface area (Å²) in [6.45, 7) is 9.20. The third-order valence-corrected chi connectivity index (χ3v) is 3.78. The summed E-state index contributed by atoms with van der Waals surface area (Å²) >= 11 is 0. The zero-order valence-corrected chi connectivity index (χ0v) is 15.5. The van der Waals surface area contributed by atoms with Crippen molar-refractivity contribution in [2.24, 2.45) is 0 Å². The van der Waals surface area contributed by atoms with Crippen molar-refractivity contribution in [2.45, 2.75) is 33.6 Å². The third-order valence-electron chi connectivity index (χ3n) is 3.78. The number of carbonyl (C=O) groups is 1. The first-order valence-electron chi connectivity index (χ1n) is 8.64. The first kappa shape index (κ1) is 18.8. The second-order valence-corrected chi connectivity index (χ2v) is 6.54. The molecule has 25 heavy (non-hydrogen) atoms. The van der Waals surface area contributed by atoms with E-state index in [0.29, 0.717) is 24.8 Å². The summed E-state index contributed by atoms with van der Waals surface area (Å²) in [6.07, 6.45) is 0. The molecular weight excluding hydrogens is 314 g/mol. The van der Waals surface area contributed by atoms with Crippen molar-refractivity contribution < 1.29 is 14.3 Å². The molecule has 4 heteroatoms. The first-order valence-corrected chi connectivity index (χ1v) is 8.64. The van der Waals surface area contributed by atoms with Gasteiger partial charge in [0.15, 0.2) is 6.61 Å². The Morgan fingerprint density at radius 3 is 2.40 bits per heavy atom. The fraction of sp³-hybridized carbons (Fsp3) is 0.381. The molecule has 0 spiro atoms. The number of rotatable bonds is 8. The van der Waals surface area contributed by atoms with Gasteiger partial charge in [0.2, 0.25) is 0 Å². The van der Waals surface area contributed by atoms with Crippen LogP contribution in [0.4, 0.5) is 0 Å². The topological polar surface area (TPSA) is 47.6 Å². The molecule has 1 amide bonds. The summed E-state index contributed by atoms with van der Waals surface area (Å²) in [4.78, 5) is 11.9. The second kappa shape index (κ2) is 9.11. The van der Waals surface area contributed by atoms with Crippen molar-refractivity contribution in [2.75, 3.05) is 19.8 Å². The fourth-order valence-electron chi connectivity index (χ4n) is 2.54. The Morgan fingerprint density at radius 2 is 1.72 bits per heavy atom. The molecule has 1 N–H and O–H groups in total. The largest absolute Gasteiger partial charge is 0.492 e. The molecular formula is C21H27NO3. The summed E-state index contributed by atoms with van der Waals surface area (Å²) in [6, 6.07) is 13.9. The number of carbonyl (C=O) groups excluding carboxylic acids is 1. The standard InChI is InChI=1S/C21H27NO3/c1-15(2)18-6-5-7-19(13-18)25-14-21(23)22-8-9-24-20-11-16(3)10-17(4)12-20/h5-7,10-13,15H,8-9,14H2,1-4H3,(H,22,23). The predicted octanol–water partition coefficient (Wildman–Crippen LogP) is 4.00. The number of nitrogens with one attached hydrogen (secondary N) is 1. The van der Waals surface area contributed by atoms with Gasteiger partial charge in [0, 0.05) is 0 Å². The van der Waals surface area contributed by atoms with E-state index >= 15 is 0 Å². The van der Waals surface area contributed by atoms with Crippen LogP contribution in [0, 0.1) is 13.8 Å². The van der Waals surface area contributed by atoms with Crippen LogP contribution in [0.2, 0.25) is 0 Å². The molecule has 0 aliphatic carbocycles. The van der Waals surface area contributed by atoms with Crippen molar-refractivity contribution in [3.63, 3.8) is 0 Å². The Morgan fingerprint density at radius 1 is 1.00 bits per heavy atom. The van der Waals surface area contributed by atoms with E-state index in [0.717, 1.165) is 16.9 Å². The highest BCUT2D eigenvalue weighted by atomic mass is 16.5. The first-order chi connectivity index (χ1) is 11.9. The highest BCUT2D eigenvalue weighted by molar-refractivity contribution is 5.77. The Hall–Kier alpha value is -2.49. The lowest BCUT2D eigenvalue weighted by Gasteiger charge is -2.11. The molecule has 0 aliphatic heterocycles. The van der Waals surface area contributed by atoms with E-state index in [2.05, 4.69) is 31.3 Å². The quantitative estimate of drug-likeness (QED) is 0.738. The van der Waals surface area contributed by atoms with Gasteiger partial charge in [-0.1, -0.05) is 32.0 Å². The number of amides is 1. The van der Waals surface area contributed by atoms with Gasteiger partial charge in [-0.25, -0.2) is 0 Å². The van der Waals surface area contributed by atoms with Gasteiger partial charge in [0.1, 0.15) is 18.1 Å². The predicted molar refractivity (Wildman–Crippen MR) is 100 cm³/mol. The van der Waals surface area contributed by atoms with Gasteiger partial charge in [-0.15, -0.1) is 0 Å². The van der Waals surface area contributed by atoms with Crippen LogP contribution in [0.5, 0.6) is 11.5 Å². The molecule has 0 unspecified atom stereocenters. The monoisotopic (exact) mass is 341 g/mol. The maximum atomic E-state index is 11.9. The van der Waals surface area contributed by atoms with Gasteiger partial charge in [-0.2, -0.15) is 0 Å². The second-order valence-electron chi connectivity index (χ2n) is 6.54. The lowest BCUT2D eigenvalue weighted by molar-refractivity contribution is -0.123. The average Bonchev–Trinajstić information content (AvgIpc) is 2.56. The number of hydrogen-bond donors (Lipinski definition) is 1. The maximum Gasteiger partial charge on any atom is 0.258 e. The summed E-state index contributed by atoms with van der Waals surface area (Å²) in [5, 5.41) is 2.80. The van der Waals surface area contributed by atoms with Crippen LogP contribution in [0.3, 0.4) is 0 Å². The molecule has 0 bridgehead atoms. The SMILES string of the molecule is Cc1cc(C)cc(OCCNC(=O)COc2cccc(C(C)C)c2)c1. The van der Waals surface area contributed by atoms with Crippen LogP contribution < -0.4 is 14.8 Å². The molecule has 0 heterocycles. The highest BCUT2D eigenvalue weighted by Gasteiger charge is 2.05. The zero-order chi connectivity index (χ0) is 18.2. The Labute approximate surface area is 150 Å². The van der Waals surface area contributed by atoms with Gasteiger partial charge < -0.3 is 14.8 Å². The molecule has 2 aromatic carbocycles. The molecule has 0 atom stereocenters. The molecule has 4 nitrogen and oxygen atoms in total. The molecule has 0 aliphatic rings. The van der Waals surface area contributed by atoms with Crippen LogP contribution in [-0.4, -0.2) is 25.7 Å². The minimum atomic E-state index is -0.154. The van der Waals surface area contributed by atoms with E-state index in [1.807, 2.05) is 44.2 Å². The van der Waals surface area contributed by atoms with Crippen molar-refractivity contribution in [1.82, 2.24) is 5.32 Å². The Bertz CT molecular complexity index is 690. The molecule has 134 valence electrons. The van der Waals surface area contributed by atoms with E-state index in [9.17, 15) is 4.79 Å². The lowest BCUT2D eigenvalue weighted by atomic mass is 10.0. The zero-order valence-electron chi connectivity index (χ0n) is 15.5. The summed E-state index contributed by atoms with van der Waals surface area (Å²) in [5.41, 5.74) is 3.52. The van der Waals surface area contributed by atoms with Crippen LogP contribution in [-0.2, 0) is 4.79 Å². The number of ether oxygens (including phenoxy) is 2. The van der Waals surface area contributed by atoms with Gasteiger partial charge >= 0.3 is 0 Å². The van der Waals surface area contributed by atoms with E-state index < -0.39 is 0 Å². The van der Waals surface area contributed by atoms with Crippen LogP contribution in [0.25, 0.3) is 0 Å². The van der Waals surface area contributed by atoms with Gasteiger partial charge in [-0.3, -0.25) is 4.79 Å². The Kier molecular flexibility index (Phi) is 6.87. The van der Waals surface area contributed by atoms with Crippen LogP contribution >= 0.6 is 0 Å². The summed E-state index contributed by atoms with van der Waals surface area (Å²) < 4.78 is 11.2. The van der Waals surface area contributed by atoms with E-state index in [4.69, 9.17) is 9.47 Å². The number of aryl methyl sites for hydroxylation is 2. The average molecular weight is 341 g/mol. The molecule has 0 fully saturated rings. The molecule has 0 saturated heterocycles. The van der Waals surface area contributed by atoms with E-state index in [-0.39, 0.29) is 12.5 Å². The maximum absolute atomic E-state index is 11.9. The van der Waals surface area contributed by atoms with Crippen LogP contribution in [0.15, 0.2) is 42.5 Å². The van der Waals surface area contributed by atoms with Crippen molar-refractivity contribution in [3.05, 3.63) is 59.2 Å². The summed E-state index contributed by atoms with van der Waals surface area (Å²) in [7, 11) is 0. The van der Waals surface area contributed by atoms with Crippen molar-refractivity contribution in [3.8, 4) is 11.5 Å². The lowest BCUT2D eigenvalue weighted by Crippen LogP contribution is -2.32.